The largest absolute Gasteiger partial charge is 0.383 e. The van der Waals surface area contributed by atoms with Crippen LogP contribution in [0.15, 0.2) is 11.2 Å². The molecule has 3 N–H and O–H groups in total. The number of hydrogen-bond donors (Lipinski definition) is 2. The fraction of sp³-hybridized carbons (Fsp3) is 0.692. The van der Waals surface area contributed by atoms with Gasteiger partial charge in [-0.2, -0.15) is 0 Å². The lowest BCUT2D eigenvalue weighted by Gasteiger charge is -2.35. The number of nitrogen functional groups attached to an aromatic ring is 1. The number of nitrogens with one attached hydrogen (secondary N) is 1. The zero-order valence-corrected chi connectivity index (χ0v) is 12.8. The summed E-state index contributed by atoms with van der Waals surface area (Å²) in [6, 6.07) is 1.79. The van der Waals surface area contributed by atoms with Crippen LogP contribution >= 0.6 is 11.8 Å². The maximum absolute atomic E-state index is 5.78. The summed E-state index contributed by atoms with van der Waals surface area (Å²) in [5.41, 5.74) is 5.92. The number of likely N-dealkylation sites (tertiary alicyclic amines) is 1. The Morgan fingerprint density at radius 3 is 2.68 bits per heavy atom. The van der Waals surface area contributed by atoms with Crippen molar-refractivity contribution in [2.24, 2.45) is 0 Å². The van der Waals surface area contributed by atoms with Gasteiger partial charge in [0.2, 0.25) is 0 Å². The number of rotatable bonds is 5. The molecule has 0 radical (unpaired) electrons. The Morgan fingerprint density at radius 1 is 1.37 bits per heavy atom. The highest BCUT2D eigenvalue weighted by atomic mass is 32.2. The van der Waals surface area contributed by atoms with E-state index in [1.807, 2.05) is 6.26 Å². The fourth-order valence-corrected chi connectivity index (χ4v) is 2.75. The maximum atomic E-state index is 5.78. The molecule has 2 heterocycles. The van der Waals surface area contributed by atoms with Gasteiger partial charge in [-0.15, -0.1) is 0 Å². The molecule has 0 spiro atoms. The van der Waals surface area contributed by atoms with Gasteiger partial charge in [0, 0.05) is 18.2 Å². The van der Waals surface area contributed by atoms with E-state index in [-0.39, 0.29) is 5.54 Å². The molecule has 1 fully saturated rings. The van der Waals surface area contributed by atoms with E-state index in [1.165, 1.54) is 37.7 Å². The minimum Gasteiger partial charge on any atom is -0.383 e. The molecule has 1 aromatic heterocycles. The molecule has 2 rings (SSSR count). The summed E-state index contributed by atoms with van der Waals surface area (Å²) < 4.78 is 0. The first-order valence-corrected chi connectivity index (χ1v) is 7.91. The first-order valence-electron chi connectivity index (χ1n) is 6.69. The Labute approximate surface area is 119 Å². The third-order valence-electron chi connectivity index (χ3n) is 3.57. The van der Waals surface area contributed by atoms with Gasteiger partial charge in [0.1, 0.15) is 11.6 Å². The van der Waals surface area contributed by atoms with Gasteiger partial charge in [0.25, 0.3) is 0 Å². The summed E-state index contributed by atoms with van der Waals surface area (Å²) in [5, 5.41) is 4.10. The zero-order valence-electron chi connectivity index (χ0n) is 11.9. The Kier molecular flexibility index (Phi) is 4.52. The molecule has 1 aliphatic rings. The van der Waals surface area contributed by atoms with Crippen molar-refractivity contribution >= 4 is 23.4 Å². The van der Waals surface area contributed by atoms with Crippen LogP contribution in [-0.4, -0.2) is 46.3 Å². The van der Waals surface area contributed by atoms with Gasteiger partial charge in [-0.25, -0.2) is 9.97 Å². The van der Waals surface area contributed by atoms with Crippen LogP contribution in [0.2, 0.25) is 0 Å². The van der Waals surface area contributed by atoms with E-state index in [9.17, 15) is 0 Å². The minimum absolute atomic E-state index is 0.135. The summed E-state index contributed by atoms with van der Waals surface area (Å²) in [4.78, 5) is 11.1. The van der Waals surface area contributed by atoms with Gasteiger partial charge in [-0.05, 0) is 46.0 Å². The van der Waals surface area contributed by atoms with Gasteiger partial charge in [-0.1, -0.05) is 11.8 Å². The van der Waals surface area contributed by atoms with Gasteiger partial charge in [0.05, 0.1) is 0 Å². The molecule has 0 saturated carbocycles. The number of hydrogen-bond acceptors (Lipinski definition) is 6. The number of nitrogens with zero attached hydrogens (tertiary/aromatic N) is 3. The fourth-order valence-electron chi connectivity index (χ4n) is 2.37. The van der Waals surface area contributed by atoms with E-state index in [2.05, 4.69) is 34.0 Å². The Balaban J connectivity index is 1.99. The smallest absolute Gasteiger partial charge is 0.191 e. The normalized spacial score (nSPS) is 16.8. The highest BCUT2D eigenvalue weighted by Crippen LogP contribution is 2.22. The molecule has 1 aliphatic heterocycles. The topological polar surface area (TPSA) is 67.1 Å². The third kappa shape index (κ3) is 3.73. The standard InChI is InChI=1S/C13H23N5S/c1-13(2,18-6-4-5-7-18)9-15-11-8-10(14)16-12(17-11)19-3/h8H,4-7,9H2,1-3H3,(H3,14,15,16,17). The van der Waals surface area contributed by atoms with Gasteiger partial charge >= 0.3 is 0 Å². The van der Waals surface area contributed by atoms with Gasteiger partial charge in [-0.3, -0.25) is 4.90 Å². The van der Waals surface area contributed by atoms with Crippen molar-refractivity contribution in [2.45, 2.75) is 37.4 Å². The van der Waals surface area contributed by atoms with Crippen molar-refractivity contribution in [3.05, 3.63) is 6.07 Å². The molecule has 0 aliphatic carbocycles. The average Bonchev–Trinajstić information content (AvgIpc) is 2.90. The van der Waals surface area contributed by atoms with E-state index in [1.54, 1.807) is 6.07 Å². The molecule has 0 aromatic carbocycles. The van der Waals surface area contributed by atoms with Crippen molar-refractivity contribution in [2.75, 3.05) is 36.9 Å². The van der Waals surface area contributed by atoms with Crippen LogP contribution in [-0.2, 0) is 0 Å². The minimum atomic E-state index is 0.135. The lowest BCUT2D eigenvalue weighted by molar-refractivity contribution is 0.167. The van der Waals surface area contributed by atoms with Gasteiger partial charge in [0.15, 0.2) is 5.16 Å². The zero-order chi connectivity index (χ0) is 13.9. The number of nitrogens with two attached hydrogens (primary N) is 1. The second-order valence-electron chi connectivity index (χ2n) is 5.52. The van der Waals surface area contributed by atoms with Crippen molar-refractivity contribution in [3.8, 4) is 0 Å². The molecule has 19 heavy (non-hydrogen) atoms. The summed E-state index contributed by atoms with van der Waals surface area (Å²) in [5.74, 6) is 1.32. The first-order chi connectivity index (χ1) is 9.01. The first kappa shape index (κ1) is 14.4. The molecular formula is C13H23N5S. The van der Waals surface area contributed by atoms with Crippen LogP contribution in [0.3, 0.4) is 0 Å². The van der Waals surface area contributed by atoms with E-state index in [0.29, 0.717) is 11.0 Å². The molecule has 5 nitrogen and oxygen atoms in total. The monoisotopic (exact) mass is 281 g/mol. The van der Waals surface area contributed by atoms with Crippen molar-refractivity contribution in [3.63, 3.8) is 0 Å². The van der Waals surface area contributed by atoms with Crippen LogP contribution in [0.4, 0.5) is 11.6 Å². The number of anilines is 2. The van der Waals surface area contributed by atoms with Crippen LogP contribution in [0.5, 0.6) is 0 Å². The highest BCUT2D eigenvalue weighted by Gasteiger charge is 2.28. The molecule has 0 bridgehead atoms. The molecule has 0 unspecified atom stereocenters. The summed E-state index contributed by atoms with van der Waals surface area (Å²) in [7, 11) is 0. The predicted molar refractivity (Wildman–Crippen MR) is 81.6 cm³/mol. The van der Waals surface area contributed by atoms with Crippen LogP contribution in [0.25, 0.3) is 0 Å². The molecular weight excluding hydrogens is 258 g/mol. The lowest BCUT2D eigenvalue weighted by atomic mass is 10.0. The third-order valence-corrected chi connectivity index (χ3v) is 4.12. The second-order valence-corrected chi connectivity index (χ2v) is 6.30. The molecule has 106 valence electrons. The van der Waals surface area contributed by atoms with Crippen molar-refractivity contribution in [1.82, 2.24) is 14.9 Å². The molecule has 0 amide bonds. The summed E-state index contributed by atoms with van der Waals surface area (Å²) in [6.07, 6.45) is 4.56. The van der Waals surface area contributed by atoms with Crippen LogP contribution < -0.4 is 11.1 Å². The Hall–Kier alpha value is -1.01. The van der Waals surface area contributed by atoms with E-state index < -0.39 is 0 Å². The van der Waals surface area contributed by atoms with Crippen molar-refractivity contribution < 1.29 is 0 Å². The molecule has 1 aromatic rings. The van der Waals surface area contributed by atoms with Crippen molar-refractivity contribution in [1.29, 1.82) is 0 Å². The summed E-state index contributed by atoms with van der Waals surface area (Å²) >= 11 is 1.50. The molecule has 6 heteroatoms. The lowest BCUT2D eigenvalue weighted by Crippen LogP contribution is -2.47. The number of aromatic nitrogens is 2. The summed E-state index contributed by atoms with van der Waals surface area (Å²) in [6.45, 7) is 7.78. The van der Waals surface area contributed by atoms with E-state index in [4.69, 9.17) is 5.73 Å². The van der Waals surface area contributed by atoms with Gasteiger partial charge < -0.3 is 11.1 Å². The van der Waals surface area contributed by atoms with Crippen LogP contribution in [0.1, 0.15) is 26.7 Å². The molecule has 1 saturated heterocycles. The maximum Gasteiger partial charge on any atom is 0.191 e. The van der Waals surface area contributed by atoms with E-state index >= 15 is 0 Å². The Bertz CT molecular complexity index is 429. The van der Waals surface area contributed by atoms with E-state index in [0.717, 1.165) is 12.4 Å². The van der Waals surface area contributed by atoms with Crippen LogP contribution in [0, 0.1) is 0 Å². The quantitative estimate of drug-likeness (QED) is 0.636. The average molecular weight is 281 g/mol. The molecule has 0 atom stereocenters. The number of thioether (sulfide) groups is 1. The SMILES string of the molecule is CSc1nc(N)cc(NCC(C)(C)N2CCCC2)n1. The predicted octanol–water partition coefficient (Wildman–Crippen LogP) is 2.07. The highest BCUT2D eigenvalue weighted by molar-refractivity contribution is 7.98. The second kappa shape index (κ2) is 5.96. The Morgan fingerprint density at radius 2 is 2.05 bits per heavy atom.